The number of carbonyl (C=O) groups is 1. The van der Waals surface area contributed by atoms with E-state index < -0.39 is 0 Å². The third-order valence-electron chi connectivity index (χ3n) is 3.97. The summed E-state index contributed by atoms with van der Waals surface area (Å²) in [6.07, 6.45) is 0.473. The lowest BCUT2D eigenvalue weighted by Gasteiger charge is -2.38. The average molecular weight is 275 g/mol. The molecule has 1 amide bonds. The molecule has 3 N–H and O–H groups in total. The molecule has 0 bridgehead atoms. The lowest BCUT2D eigenvalue weighted by atomic mass is 9.93. The number of hydrogen-bond donors (Lipinski definition) is 3. The molecule has 1 aliphatic heterocycles. The Morgan fingerprint density at radius 2 is 2.05 bits per heavy atom. The van der Waals surface area contributed by atoms with Crippen molar-refractivity contribution in [1.82, 2.24) is 10.6 Å². The summed E-state index contributed by atoms with van der Waals surface area (Å²) in [6.45, 7) is 9.99. The van der Waals surface area contributed by atoms with Crippen molar-refractivity contribution < 1.29 is 4.79 Å². The molecule has 4 heteroatoms. The minimum Gasteiger partial charge on any atom is -0.326 e. The normalized spacial score (nSPS) is 26.3. The van der Waals surface area contributed by atoms with Gasteiger partial charge < -0.3 is 16.0 Å². The molecule has 1 heterocycles. The summed E-state index contributed by atoms with van der Waals surface area (Å²) in [7, 11) is 0. The van der Waals surface area contributed by atoms with Crippen molar-refractivity contribution in [1.29, 1.82) is 0 Å². The van der Waals surface area contributed by atoms with Crippen LogP contribution in [0.5, 0.6) is 0 Å². The van der Waals surface area contributed by atoms with Crippen LogP contribution in [0.4, 0.5) is 5.69 Å². The Hall–Kier alpha value is -1.39. The number of hydrogen-bond acceptors (Lipinski definition) is 3. The number of nitrogens with one attached hydrogen (secondary N) is 3. The Bertz CT molecular complexity index is 470. The smallest absolute Gasteiger partial charge is 0.226 e. The van der Waals surface area contributed by atoms with E-state index in [1.807, 2.05) is 32.0 Å². The second kappa shape index (κ2) is 5.94. The van der Waals surface area contributed by atoms with Gasteiger partial charge in [-0.2, -0.15) is 0 Å². The number of amides is 1. The topological polar surface area (TPSA) is 53.2 Å². The molecule has 0 saturated carbocycles. The van der Waals surface area contributed by atoms with E-state index in [-0.39, 0.29) is 11.4 Å². The van der Waals surface area contributed by atoms with Gasteiger partial charge in [-0.05, 0) is 38.8 Å². The van der Waals surface area contributed by atoms with Gasteiger partial charge in [0.05, 0.1) is 0 Å². The molecule has 1 aromatic carbocycles. The van der Waals surface area contributed by atoms with Crippen molar-refractivity contribution in [2.24, 2.45) is 0 Å². The van der Waals surface area contributed by atoms with Crippen molar-refractivity contribution >= 4 is 11.6 Å². The summed E-state index contributed by atoms with van der Waals surface area (Å²) in [5.74, 6) is 0.0637. The molecule has 1 aromatic rings. The maximum absolute atomic E-state index is 12.3. The van der Waals surface area contributed by atoms with E-state index in [2.05, 4.69) is 29.8 Å². The summed E-state index contributed by atoms with van der Waals surface area (Å²) in [5.41, 5.74) is 2.98. The van der Waals surface area contributed by atoms with E-state index in [0.29, 0.717) is 12.5 Å². The second-order valence-corrected chi connectivity index (χ2v) is 6.22. The van der Waals surface area contributed by atoms with Crippen molar-refractivity contribution in [3.63, 3.8) is 0 Å². The first kappa shape index (κ1) is 15.0. The maximum atomic E-state index is 12.3. The highest BCUT2D eigenvalue weighted by Crippen LogP contribution is 2.21. The molecule has 20 heavy (non-hydrogen) atoms. The summed E-state index contributed by atoms with van der Waals surface area (Å²) in [4.78, 5) is 12.3. The molecule has 0 radical (unpaired) electrons. The van der Waals surface area contributed by atoms with Crippen molar-refractivity contribution in [2.45, 2.75) is 45.7 Å². The number of benzene rings is 1. The predicted octanol–water partition coefficient (Wildman–Crippen LogP) is 1.97. The van der Waals surface area contributed by atoms with Gasteiger partial charge in [-0.15, -0.1) is 0 Å². The first-order valence-corrected chi connectivity index (χ1v) is 7.24. The fourth-order valence-electron chi connectivity index (χ4n) is 2.61. The maximum Gasteiger partial charge on any atom is 0.226 e. The molecule has 1 saturated heterocycles. The Balaban J connectivity index is 1.99. The van der Waals surface area contributed by atoms with E-state index >= 15 is 0 Å². The Morgan fingerprint density at radius 3 is 2.60 bits per heavy atom. The van der Waals surface area contributed by atoms with E-state index in [1.165, 1.54) is 0 Å². The SMILES string of the molecule is Cc1cccc(C)c1NC(=O)CC1(C)CNC(C)CN1. The lowest BCUT2D eigenvalue weighted by molar-refractivity contribution is -0.117. The Morgan fingerprint density at radius 1 is 1.40 bits per heavy atom. The molecular weight excluding hydrogens is 250 g/mol. The standard InChI is InChI=1S/C16H25N3O/c1-11-6-5-7-12(2)15(11)19-14(20)8-16(4)10-17-13(3)9-18-16/h5-7,13,17-18H,8-10H2,1-4H3,(H,19,20). The van der Waals surface area contributed by atoms with Crippen LogP contribution in [0.25, 0.3) is 0 Å². The van der Waals surface area contributed by atoms with Crippen molar-refractivity contribution in [3.05, 3.63) is 29.3 Å². The fourth-order valence-corrected chi connectivity index (χ4v) is 2.61. The first-order valence-electron chi connectivity index (χ1n) is 7.24. The molecule has 0 aliphatic carbocycles. The highest BCUT2D eigenvalue weighted by molar-refractivity contribution is 5.93. The van der Waals surface area contributed by atoms with Gasteiger partial charge in [0.2, 0.25) is 5.91 Å². The van der Waals surface area contributed by atoms with Crippen LogP contribution in [0, 0.1) is 13.8 Å². The summed E-state index contributed by atoms with van der Waals surface area (Å²) in [6, 6.07) is 6.51. The van der Waals surface area contributed by atoms with Crippen LogP contribution in [0.15, 0.2) is 18.2 Å². The van der Waals surface area contributed by atoms with Crippen molar-refractivity contribution in [2.75, 3.05) is 18.4 Å². The molecule has 110 valence electrons. The van der Waals surface area contributed by atoms with E-state index in [1.54, 1.807) is 0 Å². The molecule has 2 rings (SSSR count). The molecule has 1 fully saturated rings. The monoisotopic (exact) mass is 275 g/mol. The number of anilines is 1. The zero-order chi connectivity index (χ0) is 14.8. The number of rotatable bonds is 3. The molecule has 0 aromatic heterocycles. The summed E-state index contributed by atoms with van der Waals surface area (Å²) < 4.78 is 0. The first-order chi connectivity index (χ1) is 9.39. The van der Waals surface area contributed by atoms with Crippen LogP contribution in [0.1, 0.15) is 31.4 Å². The highest BCUT2D eigenvalue weighted by atomic mass is 16.1. The van der Waals surface area contributed by atoms with Gasteiger partial charge in [-0.25, -0.2) is 0 Å². The van der Waals surface area contributed by atoms with Crippen LogP contribution in [0.2, 0.25) is 0 Å². The van der Waals surface area contributed by atoms with E-state index in [0.717, 1.165) is 29.9 Å². The van der Waals surface area contributed by atoms with E-state index in [9.17, 15) is 4.79 Å². The second-order valence-electron chi connectivity index (χ2n) is 6.22. The highest BCUT2D eigenvalue weighted by Gasteiger charge is 2.31. The molecular formula is C16H25N3O. The molecule has 0 spiro atoms. The van der Waals surface area contributed by atoms with Crippen molar-refractivity contribution in [3.8, 4) is 0 Å². The van der Waals surface area contributed by atoms with Gasteiger partial charge in [-0.3, -0.25) is 4.79 Å². The van der Waals surface area contributed by atoms with Gasteiger partial charge in [0.15, 0.2) is 0 Å². The summed E-state index contributed by atoms with van der Waals surface area (Å²) in [5, 5.41) is 9.95. The largest absolute Gasteiger partial charge is 0.326 e. The molecule has 2 atom stereocenters. The number of aryl methyl sites for hydroxylation is 2. The van der Waals surface area contributed by atoms with Crippen LogP contribution >= 0.6 is 0 Å². The minimum atomic E-state index is -0.173. The molecule has 2 unspecified atom stereocenters. The lowest BCUT2D eigenvalue weighted by Crippen LogP contribution is -2.61. The number of para-hydroxylation sites is 1. The van der Waals surface area contributed by atoms with Crippen LogP contribution in [0.3, 0.4) is 0 Å². The average Bonchev–Trinajstić information content (AvgIpc) is 2.38. The Labute approximate surface area is 121 Å². The molecule has 1 aliphatic rings. The van der Waals surface area contributed by atoms with Gasteiger partial charge in [0.1, 0.15) is 0 Å². The number of carbonyl (C=O) groups excluding carboxylic acids is 1. The minimum absolute atomic E-state index is 0.0637. The fraction of sp³-hybridized carbons (Fsp3) is 0.562. The number of piperazine rings is 1. The predicted molar refractivity (Wildman–Crippen MR) is 83.0 cm³/mol. The zero-order valence-corrected chi connectivity index (χ0v) is 12.8. The van der Waals surface area contributed by atoms with Gasteiger partial charge in [-0.1, -0.05) is 18.2 Å². The Kier molecular flexibility index (Phi) is 4.45. The zero-order valence-electron chi connectivity index (χ0n) is 12.8. The molecule has 4 nitrogen and oxygen atoms in total. The van der Waals surface area contributed by atoms with Crippen LogP contribution in [-0.2, 0) is 4.79 Å². The van der Waals surface area contributed by atoms with Crippen LogP contribution in [-0.4, -0.2) is 30.6 Å². The van der Waals surface area contributed by atoms with Gasteiger partial charge in [0, 0.05) is 36.8 Å². The van der Waals surface area contributed by atoms with E-state index in [4.69, 9.17) is 0 Å². The van der Waals surface area contributed by atoms with Gasteiger partial charge >= 0.3 is 0 Å². The summed E-state index contributed by atoms with van der Waals surface area (Å²) >= 11 is 0. The quantitative estimate of drug-likeness (QED) is 0.790. The third-order valence-corrected chi connectivity index (χ3v) is 3.97. The van der Waals surface area contributed by atoms with Crippen LogP contribution < -0.4 is 16.0 Å². The third kappa shape index (κ3) is 3.58. The van der Waals surface area contributed by atoms with Gasteiger partial charge in [0.25, 0.3) is 0 Å².